The minimum Gasteiger partial charge on any atom is -0.479 e. The van der Waals surface area contributed by atoms with Crippen LogP contribution in [0.5, 0.6) is 5.88 Å². The first-order valence-corrected chi connectivity index (χ1v) is 17.9. The average Bonchev–Trinajstić information content (AvgIpc) is 3.37. The van der Waals surface area contributed by atoms with Gasteiger partial charge in [-0.2, -0.15) is 0 Å². The standard InChI is InChI=1S/C36H41N5O9S/c1-35(2,3)50-34(48)39-24-11-8-6-4-5-7-10-21-18-36(21,33(46)47)40-29(42)26-17-22(19-41(26)31(24)43)49-30-28(27-12-9-15-51-27)37-25-16-20(32(44)45)13-14-23(25)38-30/h7,9-10,12-16,21-22,24,26H,4-6,8,11,17-19H2,1-3H3,(H,39,48)(H,40,42)(H,44,45)(H,46,47)/b10-7-/t21?,22-,24-,26?,36?/m1/s1. The molecule has 0 radical (unpaired) electrons. The van der Waals surface area contributed by atoms with Gasteiger partial charge in [0.2, 0.25) is 17.7 Å². The smallest absolute Gasteiger partial charge is 0.408 e. The summed E-state index contributed by atoms with van der Waals surface area (Å²) in [7, 11) is 0. The van der Waals surface area contributed by atoms with E-state index >= 15 is 0 Å². The van der Waals surface area contributed by atoms with Gasteiger partial charge in [0.25, 0.3) is 0 Å². The van der Waals surface area contributed by atoms with Crippen LogP contribution in [0.25, 0.3) is 21.6 Å². The van der Waals surface area contributed by atoms with Gasteiger partial charge in [-0.3, -0.25) is 9.59 Å². The van der Waals surface area contributed by atoms with Crippen LogP contribution in [0.2, 0.25) is 0 Å². The minimum absolute atomic E-state index is 0.00842. The molecule has 4 N–H and O–H groups in total. The van der Waals surface area contributed by atoms with E-state index in [1.54, 1.807) is 20.8 Å². The van der Waals surface area contributed by atoms with Crippen LogP contribution in [0.15, 0.2) is 47.9 Å². The molecule has 3 unspecified atom stereocenters. The number of carboxylic acids is 2. The zero-order valence-corrected chi connectivity index (χ0v) is 29.4. The van der Waals surface area contributed by atoms with Crippen LogP contribution in [-0.4, -0.2) is 90.8 Å². The first kappa shape index (κ1) is 35.8. The van der Waals surface area contributed by atoms with Crippen molar-refractivity contribution in [2.75, 3.05) is 6.54 Å². The number of ether oxygens (including phenoxy) is 2. The van der Waals surface area contributed by atoms with E-state index in [4.69, 9.17) is 14.5 Å². The number of thiophene rings is 1. The highest BCUT2D eigenvalue weighted by atomic mass is 32.1. The maximum Gasteiger partial charge on any atom is 0.408 e. The maximum atomic E-state index is 14.3. The number of benzene rings is 1. The number of carbonyl (C=O) groups is 5. The Hall–Kier alpha value is -5.05. The third-order valence-electron chi connectivity index (χ3n) is 9.22. The summed E-state index contributed by atoms with van der Waals surface area (Å²) in [6.07, 6.45) is 5.70. The van der Waals surface area contributed by atoms with Gasteiger partial charge in [0.1, 0.15) is 35.0 Å². The highest BCUT2D eigenvalue weighted by molar-refractivity contribution is 7.13. The van der Waals surface area contributed by atoms with E-state index in [0.717, 1.165) is 19.3 Å². The summed E-state index contributed by atoms with van der Waals surface area (Å²) in [5, 5.41) is 27.0. The Kier molecular flexibility index (Phi) is 10.0. The summed E-state index contributed by atoms with van der Waals surface area (Å²) >= 11 is 1.38. The summed E-state index contributed by atoms with van der Waals surface area (Å²) in [6, 6.07) is 5.90. The Morgan fingerprint density at radius 1 is 1.08 bits per heavy atom. The third-order valence-corrected chi connectivity index (χ3v) is 10.1. The second-order valence-corrected chi connectivity index (χ2v) is 15.1. The van der Waals surface area contributed by atoms with Crippen molar-refractivity contribution < 1.29 is 43.7 Å². The van der Waals surface area contributed by atoms with Crippen molar-refractivity contribution in [2.45, 2.75) is 95.0 Å². The number of carboxylic acid groups (broad SMARTS) is 2. The first-order chi connectivity index (χ1) is 24.2. The lowest BCUT2D eigenvalue weighted by molar-refractivity contribution is -0.145. The molecular weight excluding hydrogens is 678 g/mol. The fraction of sp³-hybridized carbons (Fsp3) is 0.472. The molecule has 15 heteroatoms. The lowest BCUT2D eigenvalue weighted by Gasteiger charge is -2.30. The fourth-order valence-electron chi connectivity index (χ4n) is 6.58. The molecule has 5 atom stereocenters. The van der Waals surface area contributed by atoms with E-state index in [2.05, 4.69) is 15.6 Å². The third kappa shape index (κ3) is 7.98. The quantitative estimate of drug-likeness (QED) is 0.256. The Labute approximate surface area is 298 Å². The minimum atomic E-state index is -1.49. The number of aromatic nitrogens is 2. The molecule has 0 bridgehead atoms. The number of aliphatic carboxylic acids is 1. The summed E-state index contributed by atoms with van der Waals surface area (Å²) in [5.74, 6) is -3.66. The predicted octanol–water partition coefficient (Wildman–Crippen LogP) is 4.78. The number of alkyl carbamates (subject to hydrolysis) is 1. The van der Waals surface area contributed by atoms with Crippen molar-refractivity contribution in [1.82, 2.24) is 25.5 Å². The Morgan fingerprint density at radius 2 is 1.88 bits per heavy atom. The molecule has 1 aliphatic carbocycles. The van der Waals surface area contributed by atoms with E-state index in [1.165, 1.54) is 34.4 Å². The number of nitrogens with one attached hydrogen (secondary N) is 2. The first-order valence-electron chi connectivity index (χ1n) is 17.0. The van der Waals surface area contributed by atoms with Crippen LogP contribution in [0.3, 0.4) is 0 Å². The summed E-state index contributed by atoms with van der Waals surface area (Å²) in [5.41, 5.74) is -1.15. The number of amides is 3. The number of hydrogen-bond acceptors (Lipinski definition) is 10. The topological polar surface area (TPSA) is 197 Å². The van der Waals surface area contributed by atoms with Crippen LogP contribution in [0, 0.1) is 5.92 Å². The second kappa shape index (κ2) is 14.3. The van der Waals surface area contributed by atoms with Gasteiger partial charge < -0.3 is 35.2 Å². The van der Waals surface area contributed by atoms with Crippen molar-refractivity contribution in [3.8, 4) is 16.5 Å². The van der Waals surface area contributed by atoms with Crippen LogP contribution in [-0.2, 0) is 19.1 Å². The zero-order chi connectivity index (χ0) is 36.5. The summed E-state index contributed by atoms with van der Waals surface area (Å²) < 4.78 is 11.9. The van der Waals surface area contributed by atoms with Crippen LogP contribution in [0.4, 0.5) is 4.79 Å². The second-order valence-electron chi connectivity index (χ2n) is 14.2. The van der Waals surface area contributed by atoms with E-state index < -0.39 is 59.2 Å². The summed E-state index contributed by atoms with van der Waals surface area (Å²) in [4.78, 5) is 76.8. The summed E-state index contributed by atoms with van der Waals surface area (Å²) in [6.45, 7) is 5.09. The van der Waals surface area contributed by atoms with E-state index in [1.807, 2.05) is 29.7 Å². The number of hydrogen-bond donors (Lipinski definition) is 4. The number of nitrogens with zero attached hydrogens (tertiary/aromatic N) is 3. The molecule has 14 nitrogen and oxygen atoms in total. The van der Waals surface area contributed by atoms with E-state index in [-0.39, 0.29) is 36.7 Å². The van der Waals surface area contributed by atoms with Gasteiger partial charge in [-0.05, 0) is 76.1 Å². The number of allylic oxidation sites excluding steroid dienone is 1. The highest BCUT2D eigenvalue weighted by Crippen LogP contribution is 2.45. The molecule has 1 saturated heterocycles. The fourth-order valence-corrected chi connectivity index (χ4v) is 7.29. The Morgan fingerprint density at radius 3 is 2.59 bits per heavy atom. The van der Waals surface area contributed by atoms with Gasteiger partial charge in [-0.1, -0.05) is 31.1 Å². The number of fused-ring (bicyclic) bond motifs is 3. The van der Waals surface area contributed by atoms with Gasteiger partial charge in [0, 0.05) is 12.3 Å². The van der Waals surface area contributed by atoms with Crippen LogP contribution >= 0.6 is 11.3 Å². The molecule has 0 spiro atoms. The van der Waals surface area contributed by atoms with Crippen LogP contribution in [0.1, 0.15) is 76.1 Å². The van der Waals surface area contributed by atoms with E-state index in [9.17, 15) is 34.2 Å². The number of aromatic carboxylic acids is 1. The normalized spacial score (nSPS) is 26.1. The zero-order valence-electron chi connectivity index (χ0n) is 28.6. The van der Waals surface area contributed by atoms with Gasteiger partial charge >= 0.3 is 18.0 Å². The largest absolute Gasteiger partial charge is 0.479 e. The molecule has 270 valence electrons. The van der Waals surface area contributed by atoms with Crippen molar-refractivity contribution in [3.63, 3.8) is 0 Å². The molecule has 3 aliphatic rings. The lowest BCUT2D eigenvalue weighted by atomic mass is 10.0. The molecule has 51 heavy (non-hydrogen) atoms. The predicted molar refractivity (Wildman–Crippen MR) is 186 cm³/mol. The van der Waals surface area contributed by atoms with Crippen molar-refractivity contribution in [2.24, 2.45) is 5.92 Å². The highest BCUT2D eigenvalue weighted by Gasteiger charge is 2.61. The Balaban J connectivity index is 1.34. The Bertz CT molecular complexity index is 1870. The molecule has 1 aromatic carbocycles. The molecule has 2 aliphatic heterocycles. The van der Waals surface area contributed by atoms with Crippen molar-refractivity contribution in [3.05, 3.63) is 53.4 Å². The van der Waals surface area contributed by atoms with Gasteiger partial charge in [0.15, 0.2) is 0 Å². The molecule has 3 aromatic rings. The maximum absolute atomic E-state index is 14.3. The van der Waals surface area contributed by atoms with Gasteiger partial charge in [0.05, 0.1) is 28.0 Å². The van der Waals surface area contributed by atoms with Gasteiger partial charge in [-0.15, -0.1) is 11.3 Å². The number of carbonyl (C=O) groups excluding carboxylic acids is 3. The molecule has 4 heterocycles. The van der Waals surface area contributed by atoms with Crippen LogP contribution < -0.4 is 15.4 Å². The van der Waals surface area contributed by atoms with E-state index in [0.29, 0.717) is 34.4 Å². The molecule has 2 aromatic heterocycles. The molecule has 6 rings (SSSR count). The SMILES string of the molecule is CC(C)(C)OC(=O)N[C@@H]1CCCCC/C=C\C2CC2(C(=O)O)NC(=O)C2C[C@@H](Oc3nc4ccc(C(=O)O)cc4nc3-c3cccs3)CN2C1=O. The average molecular weight is 720 g/mol. The molecule has 1 saturated carbocycles. The molecular formula is C36H41N5O9S. The molecule has 3 amide bonds. The van der Waals surface area contributed by atoms with Gasteiger partial charge in [-0.25, -0.2) is 24.4 Å². The number of rotatable bonds is 6. The van der Waals surface area contributed by atoms with Crippen molar-refractivity contribution >= 4 is 52.2 Å². The van der Waals surface area contributed by atoms with Crippen molar-refractivity contribution in [1.29, 1.82) is 0 Å². The molecule has 2 fully saturated rings. The monoisotopic (exact) mass is 719 g/mol. The lowest BCUT2D eigenvalue weighted by Crippen LogP contribution is -2.56.